The minimum Gasteiger partial charge on any atom is -0.492 e. The molecule has 11 nitrogen and oxygen atoms in total. The molecule has 1 saturated heterocycles. The van der Waals surface area contributed by atoms with Crippen LogP contribution >= 0.6 is 0 Å². The molecule has 0 radical (unpaired) electrons. The highest BCUT2D eigenvalue weighted by Gasteiger charge is 2.22. The van der Waals surface area contributed by atoms with Crippen molar-refractivity contribution in [2.75, 3.05) is 45.7 Å². The van der Waals surface area contributed by atoms with Gasteiger partial charge in [-0.1, -0.05) is 25.5 Å². The number of rotatable bonds is 12. The molecule has 0 aliphatic carbocycles. The van der Waals surface area contributed by atoms with Gasteiger partial charge in [-0.25, -0.2) is 4.79 Å². The number of nitrogen functional groups attached to an aromatic ring is 1. The highest BCUT2D eigenvalue weighted by Crippen LogP contribution is 2.23. The molecule has 1 aromatic carbocycles. The van der Waals surface area contributed by atoms with Gasteiger partial charge in [0.05, 0.1) is 20.1 Å². The summed E-state index contributed by atoms with van der Waals surface area (Å²) < 4.78 is 17.9. The number of anilines is 1. The fraction of sp³-hybridized carbons (Fsp3) is 0.538. The van der Waals surface area contributed by atoms with E-state index in [1.165, 1.54) is 7.11 Å². The second-order valence-electron chi connectivity index (χ2n) is 9.37. The molecular weight excluding hydrogens is 476 g/mol. The monoisotopic (exact) mass is 512 g/mol. The summed E-state index contributed by atoms with van der Waals surface area (Å²) in [4.78, 5) is 38.0. The Labute approximate surface area is 215 Å². The van der Waals surface area contributed by atoms with Gasteiger partial charge in [0.2, 0.25) is 0 Å². The maximum Gasteiger partial charge on any atom is 0.327 e. The maximum atomic E-state index is 12.7. The van der Waals surface area contributed by atoms with Crippen LogP contribution in [0.4, 0.5) is 5.82 Å². The number of hydrogen-bond acceptors (Lipinski definition) is 9. The van der Waals surface area contributed by atoms with Crippen molar-refractivity contribution in [1.29, 1.82) is 0 Å². The first kappa shape index (κ1) is 26.5. The summed E-state index contributed by atoms with van der Waals surface area (Å²) in [5, 5.41) is 0. The summed E-state index contributed by atoms with van der Waals surface area (Å²) in [6.45, 7) is 6.39. The first-order valence-electron chi connectivity index (χ1n) is 12.9. The standard InChI is InChI=1S/C26H36N6O5/c1-3-4-13-37-25-29-23(27)22-24(30-25)32(26(34)28-22)17-18-8-10-31(11-9-18)12-14-36-20-7-5-6-19(15-20)16-21(33)35-2/h5-7,15,18H,3-4,8-14,16-17H2,1-2H3,(H,28,34)(H2,27,29,30). The number of hydrogen-bond donors (Lipinski definition) is 2. The van der Waals surface area contributed by atoms with E-state index in [4.69, 9.17) is 19.9 Å². The molecule has 1 aliphatic heterocycles. The van der Waals surface area contributed by atoms with E-state index in [9.17, 15) is 9.59 Å². The summed E-state index contributed by atoms with van der Waals surface area (Å²) in [6.07, 6.45) is 4.06. The first-order valence-corrected chi connectivity index (χ1v) is 12.9. The summed E-state index contributed by atoms with van der Waals surface area (Å²) in [7, 11) is 1.38. The largest absolute Gasteiger partial charge is 0.492 e. The Morgan fingerprint density at radius 3 is 2.76 bits per heavy atom. The van der Waals surface area contributed by atoms with E-state index in [0.717, 1.165) is 56.6 Å². The predicted molar refractivity (Wildman–Crippen MR) is 140 cm³/mol. The average molecular weight is 513 g/mol. The number of carbonyl (C=O) groups excluding carboxylic acids is 1. The molecular formula is C26H36N6O5. The van der Waals surface area contributed by atoms with E-state index in [1.54, 1.807) is 4.57 Å². The minimum absolute atomic E-state index is 0.205. The lowest BCUT2D eigenvalue weighted by atomic mass is 9.97. The Balaban J connectivity index is 1.28. The van der Waals surface area contributed by atoms with Crippen molar-refractivity contribution >= 4 is 23.0 Å². The summed E-state index contributed by atoms with van der Waals surface area (Å²) in [5.74, 6) is 1.04. The molecule has 3 heterocycles. The predicted octanol–water partition coefficient (Wildman–Crippen LogP) is 2.39. The Bertz CT molecular complexity index is 1250. The summed E-state index contributed by atoms with van der Waals surface area (Å²) in [5.41, 5.74) is 7.65. The molecule has 2 aromatic heterocycles. The van der Waals surface area contributed by atoms with E-state index in [-0.39, 0.29) is 29.9 Å². The number of esters is 1. The van der Waals surface area contributed by atoms with Crippen molar-refractivity contribution in [1.82, 2.24) is 24.4 Å². The summed E-state index contributed by atoms with van der Waals surface area (Å²) >= 11 is 0. The highest BCUT2D eigenvalue weighted by molar-refractivity contribution is 5.81. The number of methoxy groups -OCH3 is 1. The minimum atomic E-state index is -0.272. The number of likely N-dealkylation sites (tertiary alicyclic amines) is 1. The lowest BCUT2D eigenvalue weighted by Crippen LogP contribution is -2.38. The molecule has 0 unspecified atom stereocenters. The number of nitrogens with zero attached hydrogens (tertiary/aromatic N) is 4. The number of carbonyl (C=O) groups is 1. The Kier molecular flexibility index (Phi) is 8.99. The van der Waals surface area contributed by atoms with Gasteiger partial charge in [-0.2, -0.15) is 9.97 Å². The number of imidazole rings is 1. The van der Waals surface area contributed by atoms with Crippen molar-refractivity contribution in [3.05, 3.63) is 40.3 Å². The van der Waals surface area contributed by atoms with Gasteiger partial charge in [0.15, 0.2) is 11.5 Å². The molecule has 0 saturated carbocycles. The van der Waals surface area contributed by atoms with Crippen molar-refractivity contribution in [2.24, 2.45) is 5.92 Å². The van der Waals surface area contributed by atoms with E-state index in [1.807, 2.05) is 24.3 Å². The van der Waals surface area contributed by atoms with E-state index >= 15 is 0 Å². The van der Waals surface area contributed by atoms with Crippen LogP contribution in [-0.4, -0.2) is 70.3 Å². The molecule has 3 N–H and O–H groups in total. The topological polar surface area (TPSA) is 138 Å². The molecule has 1 fully saturated rings. The van der Waals surface area contributed by atoms with Crippen molar-refractivity contribution in [3.8, 4) is 11.8 Å². The number of fused-ring (bicyclic) bond motifs is 1. The van der Waals surface area contributed by atoms with Crippen LogP contribution in [0.3, 0.4) is 0 Å². The van der Waals surface area contributed by atoms with Crippen LogP contribution in [0.15, 0.2) is 29.1 Å². The third-order valence-electron chi connectivity index (χ3n) is 6.66. The Morgan fingerprint density at radius 2 is 2.00 bits per heavy atom. The van der Waals surface area contributed by atoms with Gasteiger partial charge in [-0.3, -0.25) is 14.3 Å². The van der Waals surface area contributed by atoms with Gasteiger partial charge in [-0.05, 0) is 56.0 Å². The number of unbranched alkanes of at least 4 members (excludes halogenated alkanes) is 1. The van der Waals surface area contributed by atoms with Gasteiger partial charge in [0.25, 0.3) is 0 Å². The van der Waals surface area contributed by atoms with Gasteiger partial charge >= 0.3 is 17.7 Å². The van der Waals surface area contributed by atoms with Crippen molar-refractivity contribution in [3.63, 3.8) is 0 Å². The van der Waals surface area contributed by atoms with Gasteiger partial charge in [-0.15, -0.1) is 0 Å². The van der Waals surface area contributed by atoms with Crippen molar-refractivity contribution < 1.29 is 19.0 Å². The van der Waals surface area contributed by atoms with Crippen LogP contribution in [0.5, 0.6) is 11.8 Å². The number of aromatic nitrogens is 4. The third kappa shape index (κ3) is 7.00. The first-order chi connectivity index (χ1) is 18.0. The number of aromatic amines is 1. The summed E-state index contributed by atoms with van der Waals surface area (Å²) in [6, 6.07) is 7.73. The maximum absolute atomic E-state index is 12.7. The van der Waals surface area contributed by atoms with Crippen molar-refractivity contribution in [2.45, 2.75) is 45.6 Å². The smallest absolute Gasteiger partial charge is 0.327 e. The number of nitrogens with two attached hydrogens (primary N) is 1. The van der Waals surface area contributed by atoms with Gasteiger partial charge < -0.3 is 24.9 Å². The zero-order valence-electron chi connectivity index (χ0n) is 21.6. The Morgan fingerprint density at radius 1 is 1.19 bits per heavy atom. The fourth-order valence-corrected chi connectivity index (χ4v) is 4.50. The van der Waals surface area contributed by atoms with Gasteiger partial charge in [0.1, 0.15) is 17.9 Å². The molecule has 0 amide bonds. The zero-order valence-corrected chi connectivity index (χ0v) is 21.6. The second kappa shape index (κ2) is 12.6. The quantitative estimate of drug-likeness (QED) is 0.277. The highest BCUT2D eigenvalue weighted by atomic mass is 16.5. The van der Waals surface area contributed by atoms with Crippen LogP contribution in [-0.2, 0) is 22.5 Å². The van der Waals surface area contributed by atoms with Gasteiger partial charge in [0, 0.05) is 13.1 Å². The lowest BCUT2D eigenvalue weighted by Gasteiger charge is -2.31. The van der Waals surface area contributed by atoms with Crippen LogP contribution in [0.2, 0.25) is 0 Å². The molecule has 0 atom stereocenters. The molecule has 3 aromatic rings. The number of ether oxygens (including phenoxy) is 3. The molecule has 11 heteroatoms. The SMILES string of the molecule is CCCCOc1nc(N)c2[nH]c(=O)n(CC3CCN(CCOc4cccc(CC(=O)OC)c4)CC3)c2n1. The number of benzene rings is 1. The van der Waals surface area contributed by atoms with Crippen LogP contribution in [0.25, 0.3) is 11.2 Å². The van der Waals surface area contributed by atoms with E-state index < -0.39 is 0 Å². The molecule has 0 bridgehead atoms. The molecule has 0 spiro atoms. The van der Waals surface area contributed by atoms with Crippen LogP contribution in [0.1, 0.15) is 38.2 Å². The Hall–Kier alpha value is -3.60. The normalized spacial score (nSPS) is 14.6. The number of nitrogens with one attached hydrogen (secondary N) is 1. The molecule has 1 aliphatic rings. The van der Waals surface area contributed by atoms with E-state index in [0.29, 0.717) is 36.8 Å². The number of piperidine rings is 1. The average Bonchev–Trinajstić information content (AvgIpc) is 3.21. The van der Waals surface area contributed by atoms with Crippen LogP contribution in [0, 0.1) is 5.92 Å². The molecule has 200 valence electrons. The third-order valence-corrected chi connectivity index (χ3v) is 6.66. The zero-order chi connectivity index (χ0) is 26.2. The number of H-pyrrole nitrogens is 1. The second-order valence-corrected chi connectivity index (χ2v) is 9.37. The molecule has 4 rings (SSSR count). The molecule has 37 heavy (non-hydrogen) atoms. The lowest BCUT2D eigenvalue weighted by molar-refractivity contribution is -0.139. The van der Waals surface area contributed by atoms with Crippen LogP contribution < -0.4 is 20.9 Å². The van der Waals surface area contributed by atoms with E-state index in [2.05, 4.69) is 26.8 Å². The fourth-order valence-electron chi connectivity index (χ4n) is 4.50.